The molecule has 3 fully saturated rings. The molecule has 3 aliphatic heterocycles. The second kappa shape index (κ2) is 9.43. The summed E-state index contributed by atoms with van der Waals surface area (Å²) in [7, 11) is 1.81. The number of nitrogens with one attached hydrogen (secondary N) is 1. The van der Waals surface area contributed by atoms with Gasteiger partial charge in [0.05, 0.1) is 0 Å². The summed E-state index contributed by atoms with van der Waals surface area (Å²) < 4.78 is 5.55. The summed E-state index contributed by atoms with van der Waals surface area (Å²) in [4.78, 5) is 28.0. The number of piperazine rings is 1. The molecule has 1 aromatic rings. The summed E-state index contributed by atoms with van der Waals surface area (Å²) >= 11 is 0. The maximum Gasteiger partial charge on any atom is 0.251 e. The molecule has 0 bridgehead atoms. The van der Waals surface area contributed by atoms with Crippen molar-refractivity contribution < 1.29 is 9.53 Å². The van der Waals surface area contributed by atoms with Crippen LogP contribution in [0.1, 0.15) is 31.2 Å². The molecular formula is C21H32N6O2. The van der Waals surface area contributed by atoms with E-state index in [1.807, 2.05) is 18.1 Å². The van der Waals surface area contributed by atoms with E-state index in [9.17, 15) is 4.79 Å². The monoisotopic (exact) mass is 400 g/mol. The fraction of sp³-hybridized carbons (Fsp3) is 0.667. The minimum absolute atomic E-state index is 0.149. The normalized spacial score (nSPS) is 23.0. The molecule has 1 N–H and O–H groups in total. The Morgan fingerprint density at radius 3 is 2.62 bits per heavy atom. The average molecular weight is 401 g/mol. The number of ether oxygens (including phenoxy) is 1. The van der Waals surface area contributed by atoms with Gasteiger partial charge in [0.2, 0.25) is 0 Å². The predicted octanol–water partition coefficient (Wildman–Crippen LogP) is 1.08. The molecule has 3 saturated heterocycles. The molecule has 8 nitrogen and oxygen atoms in total. The molecule has 1 atom stereocenters. The smallest absolute Gasteiger partial charge is 0.251 e. The van der Waals surface area contributed by atoms with Crippen LogP contribution < -0.4 is 10.2 Å². The van der Waals surface area contributed by atoms with Crippen LogP contribution in [0.3, 0.4) is 0 Å². The van der Waals surface area contributed by atoms with Crippen molar-refractivity contribution in [3.8, 4) is 0 Å². The van der Waals surface area contributed by atoms with E-state index < -0.39 is 0 Å². The quantitative estimate of drug-likeness (QED) is 0.602. The third-order valence-corrected chi connectivity index (χ3v) is 6.00. The second-order valence-electron chi connectivity index (χ2n) is 7.93. The fourth-order valence-electron chi connectivity index (χ4n) is 4.32. The molecule has 0 aromatic carbocycles. The number of aromatic nitrogens is 1. The number of amides is 1. The van der Waals surface area contributed by atoms with Gasteiger partial charge < -0.3 is 24.8 Å². The fourth-order valence-corrected chi connectivity index (χ4v) is 4.32. The van der Waals surface area contributed by atoms with E-state index >= 15 is 0 Å². The van der Waals surface area contributed by atoms with Crippen LogP contribution in [-0.2, 0) is 16.1 Å². The Hall–Kier alpha value is -2.35. The Labute approximate surface area is 172 Å². The van der Waals surface area contributed by atoms with Gasteiger partial charge in [0, 0.05) is 65.7 Å². The first-order valence-electron chi connectivity index (χ1n) is 10.8. The van der Waals surface area contributed by atoms with Gasteiger partial charge in [0.25, 0.3) is 5.91 Å². The number of pyridine rings is 1. The third kappa shape index (κ3) is 4.80. The number of nitrogens with zero attached hydrogens (tertiary/aromatic N) is 5. The largest absolute Gasteiger partial charge is 0.368 e. The maximum atomic E-state index is 12.5. The number of hydrogen-bond acceptors (Lipinski definition) is 5. The first kappa shape index (κ1) is 19.9. The summed E-state index contributed by atoms with van der Waals surface area (Å²) in [6.45, 7) is 6.62. The van der Waals surface area contributed by atoms with Crippen LogP contribution in [0, 0.1) is 0 Å². The lowest BCUT2D eigenvalue weighted by molar-refractivity contribution is -0.142. The highest BCUT2D eigenvalue weighted by atomic mass is 16.5. The topological polar surface area (TPSA) is 73.3 Å². The zero-order chi connectivity index (χ0) is 20.1. The zero-order valence-corrected chi connectivity index (χ0v) is 17.3. The lowest BCUT2D eigenvalue weighted by Crippen LogP contribution is -2.55. The standard InChI is InChI=1S/C21H32N6O2/c1-22-21(24-16-17-6-7-23-19(15-17)25-8-2-3-9-25)27-12-10-26(11-13-27)20(28)18-5-4-14-29-18/h6-7,15,18H,2-5,8-14,16H2,1H3,(H,22,24). The Morgan fingerprint density at radius 2 is 1.93 bits per heavy atom. The molecule has 158 valence electrons. The summed E-state index contributed by atoms with van der Waals surface area (Å²) in [5.74, 6) is 2.10. The average Bonchev–Trinajstić information content (AvgIpc) is 3.49. The molecule has 0 aliphatic carbocycles. The van der Waals surface area contributed by atoms with Crippen molar-refractivity contribution >= 4 is 17.7 Å². The summed E-state index contributed by atoms with van der Waals surface area (Å²) in [6.07, 6.45) is 6.00. The summed E-state index contributed by atoms with van der Waals surface area (Å²) in [5.41, 5.74) is 1.20. The highest BCUT2D eigenvalue weighted by Gasteiger charge is 2.30. The van der Waals surface area contributed by atoms with Gasteiger partial charge in [0.15, 0.2) is 5.96 Å². The molecule has 8 heteroatoms. The number of aliphatic imine (C=N–C) groups is 1. The number of rotatable bonds is 4. The van der Waals surface area contributed by atoms with Crippen LogP contribution in [-0.4, -0.2) is 85.7 Å². The lowest BCUT2D eigenvalue weighted by Gasteiger charge is -2.37. The second-order valence-corrected chi connectivity index (χ2v) is 7.93. The van der Waals surface area contributed by atoms with Gasteiger partial charge >= 0.3 is 0 Å². The van der Waals surface area contributed by atoms with Crippen molar-refractivity contribution in [2.45, 2.75) is 38.3 Å². The van der Waals surface area contributed by atoms with E-state index in [0.29, 0.717) is 26.2 Å². The Morgan fingerprint density at radius 1 is 1.17 bits per heavy atom. The SMILES string of the molecule is CN=C(NCc1ccnc(N2CCCC2)c1)N1CCN(C(=O)C2CCCO2)CC1. The number of guanidine groups is 1. The highest BCUT2D eigenvalue weighted by molar-refractivity contribution is 5.82. The van der Waals surface area contributed by atoms with Gasteiger partial charge in [-0.2, -0.15) is 0 Å². The van der Waals surface area contributed by atoms with Crippen LogP contribution in [0.2, 0.25) is 0 Å². The van der Waals surface area contributed by atoms with E-state index in [1.54, 1.807) is 0 Å². The van der Waals surface area contributed by atoms with Crippen molar-refractivity contribution in [3.05, 3.63) is 23.9 Å². The van der Waals surface area contributed by atoms with Gasteiger partial charge in [0.1, 0.15) is 11.9 Å². The highest BCUT2D eigenvalue weighted by Crippen LogP contribution is 2.19. The summed E-state index contributed by atoms with van der Waals surface area (Å²) in [5, 5.41) is 3.47. The maximum absolute atomic E-state index is 12.5. The summed E-state index contributed by atoms with van der Waals surface area (Å²) in [6, 6.07) is 4.22. The Bertz CT molecular complexity index is 720. The van der Waals surface area contributed by atoms with Crippen molar-refractivity contribution in [2.75, 3.05) is 57.8 Å². The molecule has 1 aromatic heterocycles. The molecule has 4 heterocycles. The van der Waals surface area contributed by atoms with Crippen LogP contribution in [0.4, 0.5) is 5.82 Å². The number of carbonyl (C=O) groups is 1. The molecule has 29 heavy (non-hydrogen) atoms. The lowest BCUT2D eigenvalue weighted by atomic mass is 10.2. The Kier molecular flexibility index (Phi) is 6.49. The molecular weight excluding hydrogens is 368 g/mol. The van der Waals surface area contributed by atoms with E-state index in [0.717, 1.165) is 50.8 Å². The minimum atomic E-state index is -0.226. The minimum Gasteiger partial charge on any atom is -0.368 e. The molecule has 3 aliphatic rings. The third-order valence-electron chi connectivity index (χ3n) is 6.00. The molecule has 1 unspecified atom stereocenters. The molecule has 0 saturated carbocycles. The van der Waals surface area contributed by atoms with Gasteiger partial charge in [-0.15, -0.1) is 0 Å². The van der Waals surface area contributed by atoms with Crippen molar-refractivity contribution in [2.24, 2.45) is 4.99 Å². The van der Waals surface area contributed by atoms with Crippen molar-refractivity contribution in [1.29, 1.82) is 0 Å². The number of carbonyl (C=O) groups excluding carboxylic acids is 1. The first-order chi connectivity index (χ1) is 14.2. The number of anilines is 1. The van der Waals surface area contributed by atoms with Gasteiger partial charge in [-0.1, -0.05) is 0 Å². The van der Waals surface area contributed by atoms with E-state index in [4.69, 9.17) is 4.74 Å². The van der Waals surface area contributed by atoms with E-state index in [-0.39, 0.29) is 12.0 Å². The van der Waals surface area contributed by atoms with Gasteiger partial charge in [-0.3, -0.25) is 9.79 Å². The first-order valence-corrected chi connectivity index (χ1v) is 10.8. The van der Waals surface area contributed by atoms with Crippen molar-refractivity contribution in [1.82, 2.24) is 20.1 Å². The zero-order valence-electron chi connectivity index (χ0n) is 17.3. The predicted molar refractivity (Wildman–Crippen MR) is 113 cm³/mol. The molecule has 4 rings (SSSR count). The van der Waals surface area contributed by atoms with Crippen LogP contribution in [0.5, 0.6) is 0 Å². The number of hydrogen-bond donors (Lipinski definition) is 1. The van der Waals surface area contributed by atoms with Crippen LogP contribution in [0.25, 0.3) is 0 Å². The molecule has 0 radical (unpaired) electrons. The van der Waals surface area contributed by atoms with Gasteiger partial charge in [-0.25, -0.2) is 4.98 Å². The Balaban J connectivity index is 1.28. The molecule has 0 spiro atoms. The van der Waals surface area contributed by atoms with Crippen LogP contribution >= 0.6 is 0 Å². The van der Waals surface area contributed by atoms with Gasteiger partial charge in [-0.05, 0) is 43.4 Å². The molecule has 1 amide bonds. The van der Waals surface area contributed by atoms with E-state index in [1.165, 1.54) is 18.4 Å². The van der Waals surface area contributed by atoms with Crippen molar-refractivity contribution in [3.63, 3.8) is 0 Å². The van der Waals surface area contributed by atoms with E-state index in [2.05, 4.69) is 37.2 Å². The van der Waals surface area contributed by atoms with Crippen LogP contribution in [0.15, 0.2) is 23.3 Å².